The summed E-state index contributed by atoms with van der Waals surface area (Å²) < 4.78 is 8.79. The van der Waals surface area contributed by atoms with E-state index in [2.05, 4.69) is 32.9 Å². The summed E-state index contributed by atoms with van der Waals surface area (Å²) in [5, 5.41) is 21.9. The van der Waals surface area contributed by atoms with Crippen molar-refractivity contribution >= 4 is 49.3 Å². The summed E-state index contributed by atoms with van der Waals surface area (Å²) in [6.45, 7) is 2.01. The van der Waals surface area contributed by atoms with Gasteiger partial charge in [0, 0.05) is 11.3 Å². The van der Waals surface area contributed by atoms with Crippen LogP contribution < -0.4 is 15.4 Å². The molecule has 3 heterocycles. The molecule has 0 bridgehead atoms. The molecule has 0 spiro atoms. The molecule has 8 heteroatoms. The number of nitrogens with zero attached hydrogens (tertiary/aromatic N) is 4. The molecule has 174 valence electrons. The van der Waals surface area contributed by atoms with Gasteiger partial charge >= 0.3 is 0 Å². The second kappa shape index (κ2) is 9.06. The lowest BCUT2D eigenvalue weighted by Gasteiger charge is -2.12. The van der Waals surface area contributed by atoms with E-state index in [1.54, 1.807) is 22.0 Å². The van der Waals surface area contributed by atoms with Crippen LogP contribution in [-0.2, 0) is 0 Å². The average Bonchev–Trinajstić information content (AvgIpc) is 3.46. The lowest BCUT2D eigenvalue weighted by Crippen LogP contribution is -2.00. The van der Waals surface area contributed by atoms with Crippen LogP contribution in [0, 0.1) is 18.3 Å². The number of nitrogens with one attached hydrogen (secondary N) is 2. The first-order valence-corrected chi connectivity index (χ1v) is 12.1. The van der Waals surface area contributed by atoms with Crippen LogP contribution >= 0.6 is 11.3 Å². The maximum absolute atomic E-state index is 9.79. The first-order valence-electron chi connectivity index (χ1n) is 11.3. The Morgan fingerprint density at radius 2 is 1.67 bits per heavy atom. The van der Waals surface area contributed by atoms with Crippen molar-refractivity contribution in [3.05, 3.63) is 102 Å². The fourth-order valence-corrected chi connectivity index (χ4v) is 4.92. The zero-order valence-electron chi connectivity index (χ0n) is 19.3. The lowest BCUT2D eigenvalue weighted by molar-refractivity contribution is 0.483. The summed E-state index contributed by atoms with van der Waals surface area (Å²) >= 11 is 1.60. The molecule has 0 fully saturated rings. The molecular formula is C28H20N6OS. The fraction of sp³-hybridized carbons (Fsp3) is 0.0357. The van der Waals surface area contributed by atoms with Crippen LogP contribution in [0.2, 0.25) is 0 Å². The zero-order valence-corrected chi connectivity index (χ0v) is 20.1. The monoisotopic (exact) mass is 488 g/mol. The Bertz CT molecular complexity index is 1700. The molecule has 36 heavy (non-hydrogen) atoms. The zero-order chi connectivity index (χ0) is 24.5. The van der Waals surface area contributed by atoms with E-state index in [1.807, 2.05) is 85.9 Å². The second-order valence-corrected chi connectivity index (χ2v) is 9.21. The van der Waals surface area contributed by atoms with E-state index in [9.17, 15) is 5.26 Å². The van der Waals surface area contributed by atoms with Crippen LogP contribution in [0.25, 0.3) is 15.7 Å². The molecule has 0 aliphatic heterocycles. The molecule has 7 nitrogen and oxygen atoms in total. The van der Waals surface area contributed by atoms with Crippen LogP contribution in [-0.4, -0.2) is 14.6 Å². The van der Waals surface area contributed by atoms with Crippen LogP contribution in [0.15, 0.2) is 91.3 Å². The van der Waals surface area contributed by atoms with Crippen LogP contribution in [0.4, 0.5) is 22.2 Å². The predicted molar refractivity (Wildman–Crippen MR) is 144 cm³/mol. The van der Waals surface area contributed by atoms with Gasteiger partial charge in [-0.15, -0.1) is 0 Å². The molecule has 0 saturated heterocycles. The fourth-order valence-electron chi connectivity index (χ4n) is 4.04. The Morgan fingerprint density at radius 3 is 2.44 bits per heavy atom. The highest BCUT2D eigenvalue weighted by Crippen LogP contribution is 2.35. The number of anilines is 4. The van der Waals surface area contributed by atoms with E-state index in [0.29, 0.717) is 11.3 Å². The van der Waals surface area contributed by atoms with Gasteiger partial charge in [-0.25, -0.2) is 9.50 Å². The number of aromatic nitrogens is 3. The summed E-state index contributed by atoms with van der Waals surface area (Å²) in [7, 11) is 0. The van der Waals surface area contributed by atoms with Gasteiger partial charge in [0.2, 0.25) is 0 Å². The summed E-state index contributed by atoms with van der Waals surface area (Å²) in [5.41, 5.74) is 5.61. The quantitative estimate of drug-likeness (QED) is 0.254. The van der Waals surface area contributed by atoms with Crippen molar-refractivity contribution in [3.8, 4) is 17.6 Å². The number of thiazole rings is 1. The van der Waals surface area contributed by atoms with Gasteiger partial charge < -0.3 is 15.4 Å². The van der Waals surface area contributed by atoms with Gasteiger partial charge in [0.25, 0.3) is 0 Å². The van der Waals surface area contributed by atoms with Gasteiger partial charge in [0.1, 0.15) is 17.6 Å². The number of fused-ring (bicyclic) bond motifs is 2. The first kappa shape index (κ1) is 21.6. The number of hydrogen-bond acceptors (Lipinski definition) is 7. The van der Waals surface area contributed by atoms with Crippen molar-refractivity contribution in [3.63, 3.8) is 0 Å². The second-order valence-electron chi connectivity index (χ2n) is 8.18. The van der Waals surface area contributed by atoms with Crippen molar-refractivity contribution in [1.82, 2.24) is 14.6 Å². The maximum atomic E-state index is 9.79. The van der Waals surface area contributed by atoms with E-state index in [-0.39, 0.29) is 0 Å². The van der Waals surface area contributed by atoms with Crippen molar-refractivity contribution in [2.75, 3.05) is 10.6 Å². The van der Waals surface area contributed by atoms with E-state index in [4.69, 9.17) is 4.74 Å². The van der Waals surface area contributed by atoms with E-state index < -0.39 is 0 Å². The molecule has 2 N–H and O–H groups in total. The third-order valence-corrected chi connectivity index (χ3v) is 6.77. The van der Waals surface area contributed by atoms with Gasteiger partial charge in [-0.1, -0.05) is 41.7 Å². The minimum atomic E-state index is 0.458. The molecule has 0 unspecified atom stereocenters. The molecular weight excluding hydrogens is 468 g/mol. The molecule has 0 amide bonds. The van der Waals surface area contributed by atoms with Crippen molar-refractivity contribution in [1.29, 1.82) is 5.26 Å². The first-order chi connectivity index (χ1) is 17.7. The molecule has 0 atom stereocenters. The van der Waals surface area contributed by atoms with Gasteiger partial charge in [0.05, 0.1) is 45.1 Å². The van der Waals surface area contributed by atoms with Crippen LogP contribution in [0.5, 0.6) is 11.5 Å². The molecule has 3 aromatic heterocycles. The maximum Gasteiger partial charge on any atom is 0.188 e. The Hall–Kier alpha value is -4.87. The third-order valence-electron chi connectivity index (χ3n) is 5.82. The number of benzene rings is 3. The molecule has 0 aliphatic rings. The minimum Gasteiger partial charge on any atom is -0.457 e. The standard InChI is InChI=1S/C28H20N6OS/c1-18-24(33-28-32-23-9-5-6-10-25(23)36-28)17-34-27(18)26(19(15-29)16-30-34)31-20-11-13-22(14-12-20)35-21-7-3-2-4-8-21/h2-14,16-17,31H,1H3,(H,32,33). The van der Waals surface area contributed by atoms with Crippen molar-refractivity contribution < 1.29 is 4.74 Å². The molecule has 3 aromatic carbocycles. The van der Waals surface area contributed by atoms with E-state index in [1.165, 1.54) is 0 Å². The van der Waals surface area contributed by atoms with Gasteiger partial charge in [-0.05, 0) is 55.5 Å². The summed E-state index contributed by atoms with van der Waals surface area (Å²) in [6.07, 6.45) is 3.49. The summed E-state index contributed by atoms with van der Waals surface area (Å²) in [6, 6.07) is 27.6. The van der Waals surface area contributed by atoms with E-state index in [0.717, 1.165) is 49.3 Å². The minimum absolute atomic E-state index is 0.458. The van der Waals surface area contributed by atoms with E-state index >= 15 is 0 Å². The van der Waals surface area contributed by atoms with Crippen molar-refractivity contribution in [2.24, 2.45) is 0 Å². The van der Waals surface area contributed by atoms with Gasteiger partial charge in [-0.2, -0.15) is 10.4 Å². The number of hydrogen-bond donors (Lipinski definition) is 2. The molecule has 0 saturated carbocycles. The normalized spacial score (nSPS) is 10.9. The largest absolute Gasteiger partial charge is 0.457 e. The Kier molecular flexibility index (Phi) is 5.45. The van der Waals surface area contributed by atoms with Gasteiger partial charge in [-0.3, -0.25) is 0 Å². The summed E-state index contributed by atoms with van der Waals surface area (Å²) in [4.78, 5) is 4.68. The molecule has 0 aliphatic carbocycles. The molecule has 6 rings (SSSR count). The lowest BCUT2D eigenvalue weighted by atomic mass is 10.1. The van der Waals surface area contributed by atoms with Gasteiger partial charge in [0.15, 0.2) is 5.13 Å². The van der Waals surface area contributed by atoms with Crippen LogP contribution in [0.1, 0.15) is 11.1 Å². The number of rotatable bonds is 6. The molecule has 6 aromatic rings. The van der Waals surface area contributed by atoms with Crippen LogP contribution in [0.3, 0.4) is 0 Å². The number of ether oxygens (including phenoxy) is 1. The topological polar surface area (TPSA) is 87.3 Å². The molecule has 0 radical (unpaired) electrons. The predicted octanol–water partition coefficient (Wildman–Crippen LogP) is 7.40. The summed E-state index contributed by atoms with van der Waals surface area (Å²) in [5.74, 6) is 1.51. The number of nitriles is 1. The highest BCUT2D eigenvalue weighted by Gasteiger charge is 2.17. The third kappa shape index (κ3) is 4.08. The van der Waals surface area contributed by atoms with Crippen molar-refractivity contribution in [2.45, 2.75) is 6.92 Å². The SMILES string of the molecule is Cc1c(Nc2nc3ccccc3s2)cn2ncc(C#N)c(Nc3ccc(Oc4ccccc4)cc3)c12. The smallest absolute Gasteiger partial charge is 0.188 e. The Morgan fingerprint density at radius 1 is 0.917 bits per heavy atom. The highest BCUT2D eigenvalue weighted by molar-refractivity contribution is 7.22. The Labute approximate surface area is 211 Å². The Balaban J connectivity index is 1.32. The average molecular weight is 489 g/mol. The highest BCUT2D eigenvalue weighted by atomic mass is 32.1. The number of aryl methyl sites for hydroxylation is 1. The number of para-hydroxylation sites is 2.